The van der Waals surface area contributed by atoms with Gasteiger partial charge in [0.2, 0.25) is 0 Å². The highest BCUT2D eigenvalue weighted by molar-refractivity contribution is 6.07. The highest BCUT2D eigenvalue weighted by Gasteiger charge is 2.44. The number of carbonyl (C=O) groups is 1. The standard InChI is InChI=1S/C26H23NO5/c28-21-10-11-26(20-6-2-1-4-18(20)21)31-23-7-3-5-19-22(8-9-24(32-26)25(19)23)30-17-14-27-12-15-29-16-13-27/h1-11H,12-17H2. The molecule has 0 amide bonds. The molecule has 0 aromatic heterocycles. The molecule has 2 aliphatic heterocycles. The van der Waals surface area contributed by atoms with Crippen LogP contribution in [0.4, 0.5) is 0 Å². The van der Waals surface area contributed by atoms with Crippen LogP contribution in [0.15, 0.2) is 66.7 Å². The van der Waals surface area contributed by atoms with Crippen molar-refractivity contribution in [3.63, 3.8) is 0 Å². The van der Waals surface area contributed by atoms with E-state index in [1.807, 2.05) is 48.5 Å². The Bertz CT molecular complexity index is 1220. The summed E-state index contributed by atoms with van der Waals surface area (Å²) in [5, 5.41) is 1.82. The third-order valence-corrected chi connectivity index (χ3v) is 6.24. The van der Waals surface area contributed by atoms with E-state index in [4.69, 9.17) is 18.9 Å². The molecule has 6 nitrogen and oxygen atoms in total. The molecular formula is C26H23NO5. The summed E-state index contributed by atoms with van der Waals surface area (Å²) in [6.07, 6.45) is 3.22. The zero-order chi connectivity index (χ0) is 21.5. The van der Waals surface area contributed by atoms with Crippen LogP contribution in [0.25, 0.3) is 10.8 Å². The zero-order valence-electron chi connectivity index (χ0n) is 17.6. The van der Waals surface area contributed by atoms with Gasteiger partial charge in [-0.1, -0.05) is 36.4 Å². The minimum Gasteiger partial charge on any atom is -0.492 e. The lowest BCUT2D eigenvalue weighted by molar-refractivity contribution is -0.0839. The maximum atomic E-state index is 12.4. The fraction of sp³-hybridized carbons (Fsp3) is 0.269. The summed E-state index contributed by atoms with van der Waals surface area (Å²) >= 11 is 0. The Labute approximate surface area is 185 Å². The topological polar surface area (TPSA) is 57.2 Å². The lowest BCUT2D eigenvalue weighted by Gasteiger charge is -2.39. The third kappa shape index (κ3) is 3.15. The van der Waals surface area contributed by atoms with Crippen LogP contribution in [0.5, 0.6) is 17.2 Å². The van der Waals surface area contributed by atoms with Crippen molar-refractivity contribution >= 4 is 16.6 Å². The van der Waals surface area contributed by atoms with Crippen LogP contribution in [0.1, 0.15) is 15.9 Å². The van der Waals surface area contributed by atoms with E-state index in [0.717, 1.165) is 49.4 Å². The third-order valence-electron chi connectivity index (χ3n) is 6.24. The number of benzene rings is 3. The molecule has 3 aliphatic rings. The number of hydrogen-bond acceptors (Lipinski definition) is 6. The average Bonchev–Trinajstić information content (AvgIpc) is 2.84. The fourth-order valence-corrected chi connectivity index (χ4v) is 4.61. The number of nitrogens with zero attached hydrogens (tertiary/aromatic N) is 1. The summed E-state index contributed by atoms with van der Waals surface area (Å²) < 4.78 is 24.4. The van der Waals surface area contributed by atoms with E-state index >= 15 is 0 Å². The van der Waals surface area contributed by atoms with Crippen molar-refractivity contribution in [2.24, 2.45) is 0 Å². The number of ether oxygens (including phenoxy) is 4. The predicted octanol–water partition coefficient (Wildman–Crippen LogP) is 3.93. The summed E-state index contributed by atoms with van der Waals surface area (Å²) in [6, 6.07) is 17.2. The molecule has 3 aromatic carbocycles. The highest BCUT2D eigenvalue weighted by Crippen LogP contribution is 2.49. The SMILES string of the molecule is O=C1C=CC2(Oc3cccc4c(OCCN5CCOCC5)ccc(c34)O2)c2ccccc21. The number of allylic oxidation sites excluding steroid dienone is 1. The average molecular weight is 429 g/mol. The first-order valence-electron chi connectivity index (χ1n) is 10.9. The molecule has 0 N–H and O–H groups in total. The molecule has 1 spiro atoms. The number of carbonyl (C=O) groups excluding carboxylic acids is 1. The van der Waals surface area contributed by atoms with Crippen LogP contribution in [-0.2, 0) is 10.5 Å². The molecule has 1 fully saturated rings. The lowest BCUT2D eigenvalue weighted by atomic mass is 9.90. The fourth-order valence-electron chi connectivity index (χ4n) is 4.61. The van der Waals surface area contributed by atoms with Crippen molar-refractivity contribution in [2.45, 2.75) is 5.79 Å². The van der Waals surface area contributed by atoms with E-state index < -0.39 is 5.79 Å². The van der Waals surface area contributed by atoms with Crippen LogP contribution in [0.3, 0.4) is 0 Å². The van der Waals surface area contributed by atoms with Gasteiger partial charge < -0.3 is 18.9 Å². The largest absolute Gasteiger partial charge is 0.492 e. The predicted molar refractivity (Wildman–Crippen MR) is 120 cm³/mol. The molecule has 1 aliphatic carbocycles. The van der Waals surface area contributed by atoms with Gasteiger partial charge in [0, 0.05) is 36.7 Å². The van der Waals surface area contributed by atoms with Gasteiger partial charge in [0.1, 0.15) is 23.9 Å². The van der Waals surface area contributed by atoms with Gasteiger partial charge in [0.25, 0.3) is 5.79 Å². The van der Waals surface area contributed by atoms with Gasteiger partial charge in [-0.05, 0) is 24.3 Å². The summed E-state index contributed by atoms with van der Waals surface area (Å²) in [4.78, 5) is 14.7. The maximum absolute atomic E-state index is 12.4. The first kappa shape index (κ1) is 19.3. The van der Waals surface area contributed by atoms with Gasteiger partial charge in [-0.15, -0.1) is 0 Å². The van der Waals surface area contributed by atoms with Crippen LogP contribution >= 0.6 is 0 Å². The minimum absolute atomic E-state index is 0.0496. The maximum Gasteiger partial charge on any atom is 0.299 e. The molecule has 6 heteroatoms. The van der Waals surface area contributed by atoms with Crippen molar-refractivity contribution < 1.29 is 23.7 Å². The summed E-state index contributed by atoms with van der Waals surface area (Å²) in [7, 11) is 0. The normalized spacial score (nSPS) is 21.8. The van der Waals surface area contributed by atoms with Gasteiger partial charge in [0.05, 0.1) is 24.2 Å². The Morgan fingerprint density at radius 2 is 1.75 bits per heavy atom. The Balaban J connectivity index is 1.32. The van der Waals surface area contributed by atoms with Gasteiger partial charge in [-0.2, -0.15) is 0 Å². The molecule has 2 heterocycles. The molecule has 1 unspecified atom stereocenters. The van der Waals surface area contributed by atoms with Crippen LogP contribution < -0.4 is 14.2 Å². The molecule has 6 rings (SSSR count). The summed E-state index contributed by atoms with van der Waals surface area (Å²) in [5.74, 6) is 1.00. The minimum atomic E-state index is -1.16. The van der Waals surface area contributed by atoms with Crippen molar-refractivity contribution in [1.29, 1.82) is 0 Å². The zero-order valence-corrected chi connectivity index (χ0v) is 17.6. The lowest BCUT2D eigenvalue weighted by Crippen LogP contribution is -2.42. The van der Waals surface area contributed by atoms with Crippen molar-refractivity contribution in [1.82, 2.24) is 4.90 Å². The van der Waals surface area contributed by atoms with E-state index in [0.29, 0.717) is 29.2 Å². The van der Waals surface area contributed by atoms with E-state index in [2.05, 4.69) is 4.90 Å². The monoisotopic (exact) mass is 429 g/mol. The molecule has 1 saturated heterocycles. The quantitative estimate of drug-likeness (QED) is 0.627. The molecular weight excluding hydrogens is 406 g/mol. The molecule has 32 heavy (non-hydrogen) atoms. The first-order valence-corrected chi connectivity index (χ1v) is 10.9. The second kappa shape index (κ2) is 7.65. The summed E-state index contributed by atoms with van der Waals surface area (Å²) in [5.41, 5.74) is 1.30. The molecule has 0 bridgehead atoms. The second-order valence-corrected chi connectivity index (χ2v) is 8.16. The first-order chi connectivity index (χ1) is 15.7. The number of ketones is 1. The van der Waals surface area contributed by atoms with Crippen molar-refractivity contribution in [3.8, 4) is 17.2 Å². The summed E-state index contributed by atoms with van der Waals surface area (Å²) in [6.45, 7) is 4.89. The van der Waals surface area contributed by atoms with Crippen LogP contribution in [0.2, 0.25) is 0 Å². The van der Waals surface area contributed by atoms with E-state index in [9.17, 15) is 4.79 Å². The highest BCUT2D eigenvalue weighted by atomic mass is 16.7. The van der Waals surface area contributed by atoms with Gasteiger partial charge >= 0.3 is 0 Å². The Hall–Kier alpha value is -3.35. The molecule has 162 valence electrons. The van der Waals surface area contributed by atoms with Crippen molar-refractivity contribution in [3.05, 3.63) is 77.9 Å². The van der Waals surface area contributed by atoms with Crippen LogP contribution in [0, 0.1) is 0 Å². The van der Waals surface area contributed by atoms with Crippen LogP contribution in [-0.4, -0.2) is 50.1 Å². The molecule has 0 radical (unpaired) electrons. The number of fused-ring (bicyclic) bond motifs is 2. The van der Waals surface area contributed by atoms with Gasteiger partial charge in [-0.3, -0.25) is 9.69 Å². The number of morpholine rings is 1. The van der Waals surface area contributed by atoms with Crippen molar-refractivity contribution in [2.75, 3.05) is 39.5 Å². The van der Waals surface area contributed by atoms with Gasteiger partial charge in [0.15, 0.2) is 5.78 Å². The van der Waals surface area contributed by atoms with E-state index in [1.165, 1.54) is 6.08 Å². The van der Waals surface area contributed by atoms with E-state index in [-0.39, 0.29) is 5.78 Å². The van der Waals surface area contributed by atoms with E-state index in [1.54, 1.807) is 12.1 Å². The molecule has 3 aromatic rings. The Kier molecular flexibility index (Phi) is 4.63. The Morgan fingerprint density at radius 3 is 2.62 bits per heavy atom. The number of hydrogen-bond donors (Lipinski definition) is 0. The second-order valence-electron chi connectivity index (χ2n) is 8.16. The molecule has 1 atom stereocenters. The molecule has 0 saturated carbocycles. The van der Waals surface area contributed by atoms with Gasteiger partial charge in [-0.25, -0.2) is 0 Å². The number of rotatable bonds is 4. The smallest absolute Gasteiger partial charge is 0.299 e. The Morgan fingerprint density at radius 1 is 0.938 bits per heavy atom.